The molecule has 1 N–H and O–H groups in total. The van der Waals surface area contributed by atoms with E-state index in [1.807, 2.05) is 44.2 Å². The van der Waals surface area contributed by atoms with Crippen molar-refractivity contribution in [3.63, 3.8) is 0 Å². The van der Waals surface area contributed by atoms with E-state index in [0.717, 1.165) is 31.4 Å². The van der Waals surface area contributed by atoms with Crippen molar-refractivity contribution in [1.29, 1.82) is 0 Å². The first-order valence-electron chi connectivity index (χ1n) is 11.7. The number of nitrogens with zero attached hydrogens (tertiary/aromatic N) is 4. The van der Waals surface area contributed by atoms with Gasteiger partial charge in [-0.3, -0.25) is 19.2 Å². The van der Waals surface area contributed by atoms with E-state index in [-0.39, 0.29) is 16.3 Å². The van der Waals surface area contributed by atoms with E-state index >= 15 is 0 Å². The molecule has 0 fully saturated rings. The number of hydrogen-bond donors (Lipinski definition) is 1. The number of benzene rings is 3. The SMILES string of the molecule is Cc1cc(/C=N\NC(=O)CN(c2ccc([N+](=O)[O-])cc2)S(=O)(=O)c2ccccc2)c(C)n1-c1ccc(Br)cc1. The molecule has 0 aliphatic rings. The second-order valence-corrected chi connectivity index (χ2v) is 11.3. The van der Waals surface area contributed by atoms with Gasteiger partial charge in [0.15, 0.2) is 0 Å². The summed E-state index contributed by atoms with van der Waals surface area (Å²) in [6, 6.07) is 22.3. The van der Waals surface area contributed by atoms with E-state index in [0.29, 0.717) is 0 Å². The van der Waals surface area contributed by atoms with Crippen LogP contribution >= 0.6 is 15.9 Å². The number of carbonyl (C=O) groups excluding carboxylic acids is 1. The number of carbonyl (C=O) groups is 1. The average Bonchev–Trinajstić information content (AvgIpc) is 3.20. The minimum atomic E-state index is -4.16. The highest BCUT2D eigenvalue weighted by molar-refractivity contribution is 9.10. The molecule has 0 radical (unpaired) electrons. The smallest absolute Gasteiger partial charge is 0.269 e. The van der Waals surface area contributed by atoms with Crippen LogP contribution in [0.3, 0.4) is 0 Å². The Bertz CT molecular complexity index is 1630. The van der Waals surface area contributed by atoms with Gasteiger partial charge < -0.3 is 4.57 Å². The van der Waals surface area contributed by atoms with Crippen LogP contribution in [0.2, 0.25) is 0 Å². The van der Waals surface area contributed by atoms with E-state index < -0.39 is 27.4 Å². The van der Waals surface area contributed by atoms with Crippen LogP contribution in [-0.4, -0.2) is 36.6 Å². The fraction of sp³-hybridized carbons (Fsp3) is 0.111. The number of nitrogens with one attached hydrogen (secondary N) is 1. The topological polar surface area (TPSA) is 127 Å². The summed E-state index contributed by atoms with van der Waals surface area (Å²) in [6.45, 7) is 3.30. The van der Waals surface area contributed by atoms with E-state index in [9.17, 15) is 23.3 Å². The Morgan fingerprint density at radius 1 is 1.05 bits per heavy atom. The quantitative estimate of drug-likeness (QED) is 0.160. The average molecular weight is 610 g/mol. The molecule has 200 valence electrons. The van der Waals surface area contributed by atoms with E-state index in [2.05, 4.69) is 31.0 Å². The maximum absolute atomic E-state index is 13.4. The first-order chi connectivity index (χ1) is 18.6. The molecule has 3 aromatic carbocycles. The van der Waals surface area contributed by atoms with Gasteiger partial charge in [0.2, 0.25) is 0 Å². The summed E-state index contributed by atoms with van der Waals surface area (Å²) in [5.74, 6) is -0.689. The molecule has 39 heavy (non-hydrogen) atoms. The van der Waals surface area contributed by atoms with E-state index in [1.165, 1.54) is 42.6 Å². The lowest BCUT2D eigenvalue weighted by molar-refractivity contribution is -0.384. The molecule has 0 aliphatic heterocycles. The number of anilines is 1. The fourth-order valence-electron chi connectivity index (χ4n) is 4.02. The summed E-state index contributed by atoms with van der Waals surface area (Å²) in [5.41, 5.74) is 5.92. The number of hydrazone groups is 1. The molecule has 0 saturated heterocycles. The predicted molar refractivity (Wildman–Crippen MR) is 153 cm³/mol. The number of nitro groups is 1. The van der Waals surface area contributed by atoms with Crippen molar-refractivity contribution in [2.45, 2.75) is 18.7 Å². The number of halogens is 1. The molecule has 1 amide bonds. The lowest BCUT2D eigenvalue weighted by Crippen LogP contribution is -2.39. The van der Waals surface area contributed by atoms with Crippen LogP contribution in [0.4, 0.5) is 11.4 Å². The molecule has 1 aromatic heterocycles. The molecule has 0 unspecified atom stereocenters. The highest BCUT2D eigenvalue weighted by Crippen LogP contribution is 2.26. The highest BCUT2D eigenvalue weighted by Gasteiger charge is 2.27. The minimum absolute atomic E-state index is 0.0277. The zero-order valence-corrected chi connectivity index (χ0v) is 23.4. The minimum Gasteiger partial charge on any atom is -0.318 e. The van der Waals surface area contributed by atoms with E-state index in [4.69, 9.17) is 0 Å². The number of hydrogen-bond acceptors (Lipinski definition) is 6. The lowest BCUT2D eigenvalue weighted by Gasteiger charge is -2.23. The number of nitro benzene ring substituents is 1. The van der Waals surface area contributed by atoms with Crippen molar-refractivity contribution in [2.75, 3.05) is 10.8 Å². The molecule has 4 rings (SSSR count). The number of non-ortho nitro benzene ring substituents is 1. The molecule has 10 nitrogen and oxygen atoms in total. The summed E-state index contributed by atoms with van der Waals surface area (Å²) in [7, 11) is -4.16. The van der Waals surface area contributed by atoms with Crippen molar-refractivity contribution >= 4 is 49.4 Å². The molecular weight excluding hydrogens is 586 g/mol. The Kier molecular flexibility index (Phi) is 8.27. The Morgan fingerprint density at radius 3 is 2.31 bits per heavy atom. The van der Waals surface area contributed by atoms with Gasteiger partial charge in [-0.2, -0.15) is 5.10 Å². The molecule has 0 bridgehead atoms. The standard InChI is InChI=1S/C27H24BrN5O5S/c1-19-16-21(20(2)32(19)24-10-8-22(28)9-11-24)17-29-30-27(34)18-31(23-12-14-25(15-13-23)33(35)36)39(37,38)26-6-4-3-5-7-26/h3-17H,18H2,1-2H3,(H,30,34)/b29-17-. The molecular formula is C27H24BrN5O5S. The number of amides is 1. The van der Waals surface area contributed by atoms with Gasteiger partial charge in [-0.05, 0) is 68.4 Å². The Balaban J connectivity index is 1.55. The van der Waals surface area contributed by atoms with Crippen LogP contribution in [0.5, 0.6) is 0 Å². The molecule has 0 spiro atoms. The normalized spacial score (nSPS) is 11.5. The monoisotopic (exact) mass is 609 g/mol. The van der Waals surface area contributed by atoms with Crippen molar-refractivity contribution in [3.8, 4) is 5.69 Å². The van der Waals surface area contributed by atoms with Gasteiger partial charge in [0.1, 0.15) is 6.54 Å². The van der Waals surface area contributed by atoms with Gasteiger partial charge in [0.05, 0.1) is 21.7 Å². The second kappa shape index (κ2) is 11.6. The van der Waals surface area contributed by atoms with Gasteiger partial charge in [-0.1, -0.05) is 34.1 Å². The van der Waals surface area contributed by atoms with Crippen LogP contribution in [0, 0.1) is 24.0 Å². The molecule has 0 aliphatic carbocycles. The summed E-state index contributed by atoms with van der Waals surface area (Å²) in [5, 5.41) is 15.1. The third kappa shape index (κ3) is 6.24. The number of sulfonamides is 1. The van der Waals surface area contributed by atoms with Crippen molar-refractivity contribution in [1.82, 2.24) is 9.99 Å². The molecule has 1 heterocycles. The van der Waals surface area contributed by atoms with Crippen LogP contribution < -0.4 is 9.73 Å². The summed E-state index contributed by atoms with van der Waals surface area (Å²) in [6.07, 6.45) is 1.50. The van der Waals surface area contributed by atoms with Crippen LogP contribution in [0.25, 0.3) is 5.69 Å². The van der Waals surface area contributed by atoms with Gasteiger partial charge in [0.25, 0.3) is 21.6 Å². The summed E-state index contributed by atoms with van der Waals surface area (Å²) >= 11 is 3.44. The van der Waals surface area contributed by atoms with Crippen molar-refractivity contribution < 1.29 is 18.1 Å². The zero-order valence-electron chi connectivity index (χ0n) is 21.0. The van der Waals surface area contributed by atoms with Gasteiger partial charge in [-0.15, -0.1) is 0 Å². The summed E-state index contributed by atoms with van der Waals surface area (Å²) in [4.78, 5) is 23.3. The Labute approximate surface area is 233 Å². The van der Waals surface area contributed by atoms with Crippen LogP contribution in [0.1, 0.15) is 17.0 Å². The number of aromatic nitrogens is 1. The molecule has 12 heteroatoms. The lowest BCUT2D eigenvalue weighted by atomic mass is 10.2. The van der Waals surface area contributed by atoms with Crippen LogP contribution in [-0.2, 0) is 14.8 Å². The third-order valence-corrected chi connectivity index (χ3v) is 8.23. The number of rotatable bonds is 9. The largest absolute Gasteiger partial charge is 0.318 e. The summed E-state index contributed by atoms with van der Waals surface area (Å²) < 4.78 is 30.7. The van der Waals surface area contributed by atoms with Crippen molar-refractivity contribution in [3.05, 3.63) is 116 Å². The fourth-order valence-corrected chi connectivity index (χ4v) is 5.73. The Morgan fingerprint density at radius 2 is 1.69 bits per heavy atom. The van der Waals surface area contributed by atoms with Gasteiger partial charge in [-0.25, -0.2) is 13.8 Å². The van der Waals surface area contributed by atoms with Crippen molar-refractivity contribution in [2.24, 2.45) is 5.10 Å². The predicted octanol–water partition coefficient (Wildman–Crippen LogP) is 5.11. The molecule has 0 saturated carbocycles. The van der Waals surface area contributed by atoms with Gasteiger partial charge in [0, 0.05) is 39.2 Å². The first kappa shape index (κ1) is 27.7. The maximum Gasteiger partial charge on any atom is 0.269 e. The van der Waals surface area contributed by atoms with Gasteiger partial charge >= 0.3 is 0 Å². The van der Waals surface area contributed by atoms with Crippen LogP contribution in [0.15, 0.2) is 99.4 Å². The maximum atomic E-state index is 13.4. The Hall–Kier alpha value is -4.29. The van der Waals surface area contributed by atoms with E-state index in [1.54, 1.807) is 18.2 Å². The highest BCUT2D eigenvalue weighted by atomic mass is 79.9. The number of aryl methyl sites for hydroxylation is 1. The third-order valence-electron chi connectivity index (χ3n) is 5.91. The first-order valence-corrected chi connectivity index (χ1v) is 13.9. The second-order valence-electron chi connectivity index (χ2n) is 8.53. The zero-order chi connectivity index (χ0) is 28.2. The molecule has 4 aromatic rings. The molecule has 0 atom stereocenters.